The molecule has 1 aromatic rings. The smallest absolute Gasteiger partial charge is 0.221 e. The van der Waals surface area contributed by atoms with Crippen molar-refractivity contribution < 1.29 is 4.79 Å². The second-order valence-electron chi connectivity index (χ2n) is 4.51. The Morgan fingerprint density at radius 1 is 1.44 bits per heavy atom. The zero-order valence-electron chi connectivity index (χ0n) is 10.2. The molecule has 1 atom stereocenters. The summed E-state index contributed by atoms with van der Waals surface area (Å²) in [6.45, 7) is 2.27. The van der Waals surface area contributed by atoms with E-state index in [4.69, 9.17) is 5.73 Å². The number of nitrogens with two attached hydrogens (primary N) is 1. The van der Waals surface area contributed by atoms with Crippen LogP contribution in [0.2, 0.25) is 0 Å². The maximum absolute atomic E-state index is 11.5. The van der Waals surface area contributed by atoms with Crippen LogP contribution in [0.4, 0.5) is 5.69 Å². The first kappa shape index (κ1) is 13.4. The third-order valence-electron chi connectivity index (χ3n) is 3.12. The molecule has 0 aromatic heterocycles. The molecule has 1 unspecified atom stereocenters. The highest BCUT2D eigenvalue weighted by atomic mass is 79.9. The molecule has 1 heterocycles. The van der Waals surface area contributed by atoms with Gasteiger partial charge in [-0.2, -0.15) is 0 Å². The molecule has 0 bridgehead atoms. The van der Waals surface area contributed by atoms with E-state index < -0.39 is 0 Å². The van der Waals surface area contributed by atoms with Crippen molar-refractivity contribution in [3.05, 3.63) is 28.7 Å². The first-order valence-electron chi connectivity index (χ1n) is 6.19. The Kier molecular flexibility index (Phi) is 4.60. The Labute approximate surface area is 116 Å². The summed E-state index contributed by atoms with van der Waals surface area (Å²) in [7, 11) is 0. The fraction of sp³-hybridized carbons (Fsp3) is 0.462. The highest BCUT2D eigenvalue weighted by molar-refractivity contribution is 9.10. The fourth-order valence-corrected chi connectivity index (χ4v) is 2.46. The third kappa shape index (κ3) is 3.46. The van der Waals surface area contributed by atoms with Crippen LogP contribution >= 0.6 is 15.9 Å². The Morgan fingerprint density at radius 2 is 2.17 bits per heavy atom. The number of nitrogens with zero attached hydrogens (tertiary/aromatic N) is 1. The first-order chi connectivity index (χ1) is 8.69. The number of rotatable bonds is 4. The largest absolute Gasteiger partial charge is 0.369 e. The van der Waals surface area contributed by atoms with E-state index in [9.17, 15) is 4.79 Å². The highest BCUT2D eigenvalue weighted by Crippen LogP contribution is 2.22. The Balaban J connectivity index is 1.88. The fourth-order valence-electron chi connectivity index (χ4n) is 2.20. The maximum Gasteiger partial charge on any atom is 0.221 e. The summed E-state index contributed by atoms with van der Waals surface area (Å²) < 4.78 is 1.08. The molecule has 2 rings (SSSR count). The van der Waals surface area contributed by atoms with Gasteiger partial charge in [-0.15, -0.1) is 0 Å². The molecule has 1 saturated heterocycles. The normalized spacial score (nSPS) is 19.0. The lowest BCUT2D eigenvalue weighted by Crippen LogP contribution is -2.37. The van der Waals surface area contributed by atoms with Gasteiger partial charge in [0.05, 0.1) is 0 Å². The van der Waals surface area contributed by atoms with E-state index >= 15 is 0 Å². The molecule has 5 heteroatoms. The van der Waals surface area contributed by atoms with E-state index in [1.54, 1.807) is 0 Å². The summed E-state index contributed by atoms with van der Waals surface area (Å²) in [5.41, 5.74) is 6.56. The van der Waals surface area contributed by atoms with Crippen LogP contribution in [-0.2, 0) is 4.79 Å². The number of halogens is 1. The van der Waals surface area contributed by atoms with E-state index in [2.05, 4.69) is 38.3 Å². The number of amides is 1. The molecule has 1 fully saturated rings. The monoisotopic (exact) mass is 311 g/mol. The minimum absolute atomic E-state index is 0.0557. The lowest BCUT2D eigenvalue weighted by Gasteiger charge is -2.19. The lowest BCUT2D eigenvalue weighted by molar-refractivity contribution is -0.121. The van der Waals surface area contributed by atoms with Crippen LogP contribution in [0.15, 0.2) is 28.7 Å². The van der Waals surface area contributed by atoms with Gasteiger partial charge in [-0.05, 0) is 30.7 Å². The van der Waals surface area contributed by atoms with E-state index in [1.807, 2.05) is 12.1 Å². The van der Waals surface area contributed by atoms with E-state index in [0.29, 0.717) is 13.0 Å². The second-order valence-corrected chi connectivity index (χ2v) is 5.43. The molecular formula is C13H18BrN3O. The van der Waals surface area contributed by atoms with Gasteiger partial charge in [0.15, 0.2) is 0 Å². The molecular weight excluding hydrogens is 294 g/mol. The number of anilines is 1. The Morgan fingerprint density at radius 3 is 2.83 bits per heavy atom. The first-order valence-corrected chi connectivity index (χ1v) is 6.98. The topological polar surface area (TPSA) is 58.4 Å². The number of carbonyl (C=O) groups excluding carboxylic acids is 1. The number of benzene rings is 1. The quantitative estimate of drug-likeness (QED) is 0.886. The van der Waals surface area contributed by atoms with Crippen molar-refractivity contribution in [1.29, 1.82) is 0 Å². The molecule has 1 aromatic carbocycles. The van der Waals surface area contributed by atoms with Gasteiger partial charge in [-0.3, -0.25) is 4.79 Å². The van der Waals surface area contributed by atoms with E-state index in [-0.39, 0.29) is 11.9 Å². The lowest BCUT2D eigenvalue weighted by atomic mass is 10.2. The molecule has 4 nitrogen and oxygen atoms in total. The van der Waals surface area contributed by atoms with Crippen molar-refractivity contribution in [3.63, 3.8) is 0 Å². The summed E-state index contributed by atoms with van der Waals surface area (Å²) in [4.78, 5) is 13.8. The number of carbonyl (C=O) groups is 1. The molecule has 1 aliphatic rings. The molecule has 3 N–H and O–H groups in total. The molecule has 0 spiro atoms. The molecule has 98 valence electrons. The van der Waals surface area contributed by atoms with Gasteiger partial charge in [-0.1, -0.05) is 15.9 Å². The Bertz CT molecular complexity index is 407. The molecule has 1 aliphatic heterocycles. The standard InChI is InChI=1S/C13H18BrN3O/c14-10-1-3-12(4-2-10)17-8-6-11(9-17)16-13(18)5-7-15/h1-4,11H,5-9,15H2,(H,16,18). The Hall–Kier alpha value is -1.07. The van der Waals surface area contributed by atoms with Crippen molar-refractivity contribution in [2.24, 2.45) is 5.73 Å². The second kappa shape index (κ2) is 6.20. The predicted octanol–water partition coefficient (Wildman–Crippen LogP) is 1.49. The number of nitrogens with one attached hydrogen (secondary N) is 1. The van der Waals surface area contributed by atoms with Gasteiger partial charge in [-0.25, -0.2) is 0 Å². The number of hydrogen-bond acceptors (Lipinski definition) is 3. The van der Waals surface area contributed by atoms with Crippen LogP contribution in [-0.4, -0.2) is 31.6 Å². The third-order valence-corrected chi connectivity index (χ3v) is 3.65. The summed E-state index contributed by atoms with van der Waals surface area (Å²) in [6.07, 6.45) is 1.40. The minimum Gasteiger partial charge on any atom is -0.369 e. The van der Waals surface area contributed by atoms with Gasteiger partial charge in [0.2, 0.25) is 5.91 Å². The van der Waals surface area contributed by atoms with Gasteiger partial charge in [0.1, 0.15) is 0 Å². The van der Waals surface area contributed by atoms with Crippen LogP contribution in [0, 0.1) is 0 Å². The zero-order chi connectivity index (χ0) is 13.0. The van der Waals surface area contributed by atoms with Crippen LogP contribution in [0.25, 0.3) is 0 Å². The average molecular weight is 312 g/mol. The van der Waals surface area contributed by atoms with Crippen LogP contribution in [0.5, 0.6) is 0 Å². The maximum atomic E-state index is 11.5. The molecule has 0 saturated carbocycles. The van der Waals surface area contributed by atoms with Gasteiger partial charge >= 0.3 is 0 Å². The summed E-state index contributed by atoms with van der Waals surface area (Å²) >= 11 is 3.43. The molecule has 0 aliphatic carbocycles. The highest BCUT2D eigenvalue weighted by Gasteiger charge is 2.23. The summed E-state index contributed by atoms with van der Waals surface area (Å²) in [5, 5.41) is 3.02. The summed E-state index contributed by atoms with van der Waals surface area (Å²) in [6, 6.07) is 8.50. The molecule has 1 amide bonds. The zero-order valence-corrected chi connectivity index (χ0v) is 11.8. The van der Waals surface area contributed by atoms with Crippen LogP contribution < -0.4 is 16.0 Å². The SMILES string of the molecule is NCCC(=O)NC1CCN(c2ccc(Br)cc2)C1. The molecule has 0 radical (unpaired) electrons. The predicted molar refractivity (Wildman–Crippen MR) is 76.6 cm³/mol. The van der Waals surface area contributed by atoms with Gasteiger partial charge in [0, 0.05) is 42.3 Å². The van der Waals surface area contributed by atoms with Crippen molar-refractivity contribution in [3.8, 4) is 0 Å². The van der Waals surface area contributed by atoms with Crippen molar-refractivity contribution in [2.45, 2.75) is 18.9 Å². The van der Waals surface area contributed by atoms with E-state index in [1.165, 1.54) is 5.69 Å². The van der Waals surface area contributed by atoms with Gasteiger partial charge < -0.3 is 16.0 Å². The number of hydrogen-bond donors (Lipinski definition) is 2. The summed E-state index contributed by atoms with van der Waals surface area (Å²) in [5.74, 6) is 0.0557. The van der Waals surface area contributed by atoms with Crippen molar-refractivity contribution in [1.82, 2.24) is 5.32 Å². The minimum atomic E-state index is 0.0557. The average Bonchev–Trinajstić information content (AvgIpc) is 2.78. The van der Waals surface area contributed by atoms with Gasteiger partial charge in [0.25, 0.3) is 0 Å². The van der Waals surface area contributed by atoms with Crippen molar-refractivity contribution in [2.75, 3.05) is 24.5 Å². The van der Waals surface area contributed by atoms with E-state index in [0.717, 1.165) is 24.0 Å². The van der Waals surface area contributed by atoms with Crippen LogP contribution in [0.1, 0.15) is 12.8 Å². The molecule has 18 heavy (non-hydrogen) atoms. The van der Waals surface area contributed by atoms with Crippen molar-refractivity contribution >= 4 is 27.5 Å². The van der Waals surface area contributed by atoms with Crippen LogP contribution in [0.3, 0.4) is 0 Å².